The zero-order chi connectivity index (χ0) is 12.3. The Morgan fingerprint density at radius 3 is 3.06 bits per heavy atom. The van der Waals surface area contributed by atoms with Crippen LogP contribution >= 0.6 is 11.3 Å². The predicted octanol–water partition coefficient (Wildman–Crippen LogP) is 2.25. The SMILES string of the molecule is CCn1cc(CC(O)c2sccc2OC)cn1. The zero-order valence-electron chi connectivity index (χ0n) is 9.96. The van der Waals surface area contributed by atoms with E-state index in [4.69, 9.17) is 4.74 Å². The molecule has 92 valence electrons. The topological polar surface area (TPSA) is 47.3 Å². The first kappa shape index (κ1) is 12.1. The fourth-order valence-electron chi connectivity index (χ4n) is 1.72. The van der Waals surface area contributed by atoms with Gasteiger partial charge in [0.15, 0.2) is 0 Å². The van der Waals surface area contributed by atoms with Crippen molar-refractivity contribution in [2.45, 2.75) is 26.0 Å². The number of methoxy groups -OCH3 is 1. The van der Waals surface area contributed by atoms with E-state index in [2.05, 4.69) is 5.10 Å². The normalized spacial score (nSPS) is 12.6. The molecule has 0 aromatic carbocycles. The molecule has 4 nitrogen and oxygen atoms in total. The maximum atomic E-state index is 10.2. The quantitative estimate of drug-likeness (QED) is 0.887. The molecule has 2 rings (SSSR count). The van der Waals surface area contributed by atoms with Gasteiger partial charge >= 0.3 is 0 Å². The van der Waals surface area contributed by atoms with Crippen LogP contribution in [0.2, 0.25) is 0 Å². The summed E-state index contributed by atoms with van der Waals surface area (Å²) in [6.07, 6.45) is 3.80. The Morgan fingerprint density at radius 1 is 1.59 bits per heavy atom. The smallest absolute Gasteiger partial charge is 0.135 e. The molecule has 0 amide bonds. The van der Waals surface area contributed by atoms with Gasteiger partial charge in [-0.3, -0.25) is 4.68 Å². The first-order valence-electron chi connectivity index (χ1n) is 5.55. The van der Waals surface area contributed by atoms with E-state index in [-0.39, 0.29) is 0 Å². The maximum absolute atomic E-state index is 10.2. The molecule has 0 aliphatic rings. The molecule has 17 heavy (non-hydrogen) atoms. The highest BCUT2D eigenvalue weighted by Gasteiger charge is 2.16. The van der Waals surface area contributed by atoms with Crippen LogP contribution < -0.4 is 4.74 Å². The molecule has 2 aromatic rings. The van der Waals surface area contributed by atoms with Crippen molar-refractivity contribution in [3.8, 4) is 5.75 Å². The van der Waals surface area contributed by atoms with Crippen LogP contribution in [0.3, 0.4) is 0 Å². The third kappa shape index (κ3) is 2.68. The first-order valence-corrected chi connectivity index (χ1v) is 6.43. The highest BCUT2D eigenvalue weighted by Crippen LogP contribution is 2.32. The van der Waals surface area contributed by atoms with Gasteiger partial charge < -0.3 is 9.84 Å². The van der Waals surface area contributed by atoms with Gasteiger partial charge in [-0.1, -0.05) is 0 Å². The average Bonchev–Trinajstić information content (AvgIpc) is 2.96. The Bertz CT molecular complexity index is 478. The third-order valence-electron chi connectivity index (χ3n) is 2.62. The number of aryl methyl sites for hydroxylation is 1. The summed E-state index contributed by atoms with van der Waals surface area (Å²) in [5.41, 5.74) is 1.04. The van der Waals surface area contributed by atoms with Crippen LogP contribution in [-0.4, -0.2) is 22.0 Å². The molecule has 5 heteroatoms. The second-order valence-electron chi connectivity index (χ2n) is 3.78. The number of aliphatic hydroxyl groups excluding tert-OH is 1. The van der Waals surface area contributed by atoms with Crippen molar-refractivity contribution in [3.63, 3.8) is 0 Å². The van der Waals surface area contributed by atoms with Crippen LogP contribution in [0.4, 0.5) is 0 Å². The summed E-state index contributed by atoms with van der Waals surface area (Å²) in [4.78, 5) is 0.872. The van der Waals surface area contributed by atoms with Crippen molar-refractivity contribution in [1.29, 1.82) is 0 Å². The minimum Gasteiger partial charge on any atom is -0.495 e. The van der Waals surface area contributed by atoms with Gasteiger partial charge in [0.25, 0.3) is 0 Å². The molecule has 0 spiro atoms. The van der Waals surface area contributed by atoms with Crippen molar-refractivity contribution >= 4 is 11.3 Å². The number of nitrogens with zero attached hydrogens (tertiary/aromatic N) is 2. The summed E-state index contributed by atoms with van der Waals surface area (Å²) < 4.78 is 7.05. The Labute approximate surface area is 104 Å². The van der Waals surface area contributed by atoms with Crippen molar-refractivity contribution in [1.82, 2.24) is 9.78 Å². The molecule has 1 N–H and O–H groups in total. The minimum absolute atomic E-state index is 0.528. The Morgan fingerprint density at radius 2 is 2.41 bits per heavy atom. The van der Waals surface area contributed by atoms with E-state index < -0.39 is 6.10 Å². The average molecular weight is 252 g/mol. The van der Waals surface area contributed by atoms with Gasteiger partial charge in [0, 0.05) is 19.2 Å². The Hall–Kier alpha value is -1.33. The number of hydrogen-bond acceptors (Lipinski definition) is 4. The molecule has 0 radical (unpaired) electrons. The van der Waals surface area contributed by atoms with Crippen LogP contribution in [0.15, 0.2) is 23.8 Å². The molecule has 0 saturated carbocycles. The summed E-state index contributed by atoms with van der Waals surface area (Å²) in [6, 6.07) is 1.87. The van der Waals surface area contributed by atoms with E-state index in [9.17, 15) is 5.11 Å². The summed E-state index contributed by atoms with van der Waals surface area (Å²) in [5.74, 6) is 0.755. The van der Waals surface area contributed by atoms with Crippen molar-refractivity contribution in [2.24, 2.45) is 0 Å². The molecule has 1 atom stereocenters. The van der Waals surface area contributed by atoms with E-state index in [1.807, 2.05) is 29.2 Å². The summed E-state index contributed by atoms with van der Waals surface area (Å²) in [6.45, 7) is 2.88. The molecule has 1 unspecified atom stereocenters. The number of aromatic nitrogens is 2. The van der Waals surface area contributed by atoms with Gasteiger partial charge in [0.1, 0.15) is 5.75 Å². The standard InChI is InChI=1S/C12H16N2O2S/c1-3-14-8-9(7-13-14)6-10(15)12-11(16-2)4-5-17-12/h4-5,7-8,10,15H,3,6H2,1-2H3. The lowest BCUT2D eigenvalue weighted by molar-refractivity contribution is 0.178. The third-order valence-corrected chi connectivity index (χ3v) is 3.62. The molecular weight excluding hydrogens is 236 g/mol. The summed E-state index contributed by atoms with van der Waals surface area (Å²) >= 11 is 1.51. The maximum Gasteiger partial charge on any atom is 0.135 e. The molecule has 0 saturated heterocycles. The molecule has 0 bridgehead atoms. The van der Waals surface area contributed by atoms with Crippen molar-refractivity contribution in [3.05, 3.63) is 34.3 Å². The number of hydrogen-bond donors (Lipinski definition) is 1. The van der Waals surface area contributed by atoms with E-state index in [0.29, 0.717) is 6.42 Å². The fourth-order valence-corrected chi connectivity index (χ4v) is 2.57. The monoisotopic (exact) mass is 252 g/mol. The van der Waals surface area contributed by atoms with Gasteiger partial charge in [-0.15, -0.1) is 11.3 Å². The molecule has 0 aliphatic heterocycles. The Balaban J connectivity index is 2.08. The second kappa shape index (κ2) is 5.33. The molecule has 2 aromatic heterocycles. The van der Waals surface area contributed by atoms with Crippen molar-refractivity contribution < 1.29 is 9.84 Å². The van der Waals surface area contributed by atoms with Crippen LogP contribution in [0.5, 0.6) is 5.75 Å². The molecular formula is C12H16N2O2S. The van der Waals surface area contributed by atoms with E-state index in [1.54, 1.807) is 13.3 Å². The minimum atomic E-state index is -0.528. The van der Waals surface area contributed by atoms with Crippen LogP contribution in [0.1, 0.15) is 23.5 Å². The lowest BCUT2D eigenvalue weighted by Gasteiger charge is -2.09. The van der Waals surface area contributed by atoms with Crippen LogP contribution in [-0.2, 0) is 13.0 Å². The van der Waals surface area contributed by atoms with Gasteiger partial charge in [-0.2, -0.15) is 5.10 Å². The first-order chi connectivity index (χ1) is 8.24. The fraction of sp³-hybridized carbons (Fsp3) is 0.417. The molecule has 2 heterocycles. The van der Waals surface area contributed by atoms with E-state index in [0.717, 1.165) is 22.7 Å². The highest BCUT2D eigenvalue weighted by atomic mass is 32.1. The van der Waals surface area contributed by atoms with E-state index in [1.165, 1.54) is 11.3 Å². The number of rotatable bonds is 5. The number of aliphatic hydroxyl groups is 1. The lowest BCUT2D eigenvalue weighted by Crippen LogP contribution is -2.01. The van der Waals surface area contributed by atoms with Gasteiger partial charge in [0.05, 0.1) is 24.3 Å². The number of thiophene rings is 1. The van der Waals surface area contributed by atoms with E-state index >= 15 is 0 Å². The van der Waals surface area contributed by atoms with Crippen LogP contribution in [0.25, 0.3) is 0 Å². The van der Waals surface area contributed by atoms with Gasteiger partial charge in [0.2, 0.25) is 0 Å². The van der Waals surface area contributed by atoms with Crippen molar-refractivity contribution in [2.75, 3.05) is 7.11 Å². The molecule has 0 fully saturated rings. The number of ether oxygens (including phenoxy) is 1. The van der Waals surface area contributed by atoms with Gasteiger partial charge in [-0.05, 0) is 23.9 Å². The highest BCUT2D eigenvalue weighted by molar-refractivity contribution is 7.10. The second-order valence-corrected chi connectivity index (χ2v) is 4.73. The lowest BCUT2D eigenvalue weighted by atomic mass is 10.1. The predicted molar refractivity (Wildman–Crippen MR) is 67.4 cm³/mol. The Kier molecular flexibility index (Phi) is 3.81. The largest absolute Gasteiger partial charge is 0.495 e. The van der Waals surface area contributed by atoms with Gasteiger partial charge in [-0.25, -0.2) is 0 Å². The van der Waals surface area contributed by atoms with Crippen LogP contribution in [0, 0.1) is 0 Å². The summed E-state index contributed by atoms with van der Waals surface area (Å²) in [7, 11) is 1.62. The summed E-state index contributed by atoms with van der Waals surface area (Å²) in [5, 5.41) is 16.3. The molecule has 0 aliphatic carbocycles. The zero-order valence-corrected chi connectivity index (χ0v) is 10.8.